The van der Waals surface area contributed by atoms with E-state index in [1.165, 1.54) is 12.1 Å². The average Bonchev–Trinajstić information content (AvgIpc) is 3.10. The Morgan fingerprint density at radius 2 is 1.86 bits per heavy atom. The van der Waals surface area contributed by atoms with Crippen molar-refractivity contribution in [3.63, 3.8) is 0 Å². The normalized spacial score (nSPS) is 22.4. The standard InChI is InChI=1S/C18H16F3N3O2S2/c1-11-16(12-5-3-2-4-6-12)17(11)23-28(25,26)15-8-7-14(27-15)24-10-13(9-22-24)18(19,20)21/h2-11,16-17,23H,1H3/t11-,16-,17+/m1/s1. The van der Waals surface area contributed by atoms with Gasteiger partial charge in [0.25, 0.3) is 0 Å². The number of aromatic nitrogens is 2. The van der Waals surface area contributed by atoms with Crippen LogP contribution in [0.4, 0.5) is 13.2 Å². The Labute approximate surface area is 163 Å². The first-order valence-corrected chi connectivity index (χ1v) is 10.8. The van der Waals surface area contributed by atoms with E-state index in [1.54, 1.807) is 0 Å². The fourth-order valence-electron chi connectivity index (χ4n) is 3.23. The number of rotatable bonds is 5. The molecule has 10 heteroatoms. The molecule has 4 rings (SSSR count). The summed E-state index contributed by atoms with van der Waals surface area (Å²) in [6.45, 7) is 1.98. The van der Waals surface area contributed by atoms with Crippen molar-refractivity contribution in [3.05, 3.63) is 66.0 Å². The molecule has 1 saturated carbocycles. The Balaban J connectivity index is 1.51. The maximum Gasteiger partial charge on any atom is 0.419 e. The van der Waals surface area contributed by atoms with Gasteiger partial charge in [0, 0.05) is 18.2 Å². The summed E-state index contributed by atoms with van der Waals surface area (Å²) in [6, 6.07) is 12.3. The molecule has 28 heavy (non-hydrogen) atoms. The first-order chi connectivity index (χ1) is 13.2. The van der Waals surface area contributed by atoms with Crippen molar-refractivity contribution >= 4 is 21.4 Å². The number of halogens is 3. The summed E-state index contributed by atoms with van der Waals surface area (Å²) in [7, 11) is -3.77. The molecule has 0 bridgehead atoms. The van der Waals surface area contributed by atoms with Gasteiger partial charge in [-0.1, -0.05) is 37.3 Å². The molecule has 2 heterocycles. The van der Waals surface area contributed by atoms with Gasteiger partial charge in [0.05, 0.1) is 11.8 Å². The SMILES string of the molecule is C[C@H]1[C@H](NS(=O)(=O)c2ccc(-n3cc(C(F)(F)F)cn3)s2)[C@H]1c1ccccc1. The molecule has 2 aromatic heterocycles. The third-order valence-electron chi connectivity index (χ3n) is 4.82. The lowest BCUT2D eigenvalue weighted by molar-refractivity contribution is -0.137. The second-order valence-corrected chi connectivity index (χ2v) is 9.71. The van der Waals surface area contributed by atoms with E-state index in [2.05, 4.69) is 9.82 Å². The molecular weight excluding hydrogens is 411 g/mol. The van der Waals surface area contributed by atoms with Crippen LogP contribution in [0.5, 0.6) is 0 Å². The Morgan fingerprint density at radius 3 is 2.50 bits per heavy atom. The van der Waals surface area contributed by atoms with E-state index in [0.29, 0.717) is 11.2 Å². The largest absolute Gasteiger partial charge is 0.419 e. The summed E-state index contributed by atoms with van der Waals surface area (Å²) in [5.74, 6) is 0.271. The molecule has 0 spiro atoms. The molecule has 3 aromatic rings. The van der Waals surface area contributed by atoms with Crippen LogP contribution in [-0.2, 0) is 16.2 Å². The van der Waals surface area contributed by atoms with Gasteiger partial charge < -0.3 is 0 Å². The Bertz CT molecular complexity index is 1090. The number of nitrogens with one attached hydrogen (secondary N) is 1. The number of thiophene rings is 1. The highest BCUT2D eigenvalue weighted by molar-refractivity contribution is 7.91. The lowest BCUT2D eigenvalue weighted by Crippen LogP contribution is -2.27. The molecule has 1 aliphatic carbocycles. The fourth-order valence-corrected chi connectivity index (χ4v) is 5.83. The lowest BCUT2D eigenvalue weighted by Gasteiger charge is -2.04. The summed E-state index contributed by atoms with van der Waals surface area (Å²) in [6.07, 6.45) is -2.95. The van der Waals surface area contributed by atoms with Crippen LogP contribution < -0.4 is 4.72 Å². The van der Waals surface area contributed by atoms with Gasteiger partial charge in [0.2, 0.25) is 10.0 Å². The van der Waals surface area contributed by atoms with Crippen molar-refractivity contribution < 1.29 is 21.6 Å². The lowest BCUT2D eigenvalue weighted by atomic mass is 10.1. The van der Waals surface area contributed by atoms with Crippen LogP contribution in [0, 0.1) is 5.92 Å². The molecule has 5 nitrogen and oxygen atoms in total. The van der Waals surface area contributed by atoms with Crippen LogP contribution in [0.15, 0.2) is 59.1 Å². The molecule has 0 aliphatic heterocycles. The Hall–Kier alpha value is -2.17. The van der Waals surface area contributed by atoms with Crippen molar-refractivity contribution in [2.75, 3.05) is 0 Å². The zero-order valence-corrected chi connectivity index (χ0v) is 16.2. The molecule has 1 N–H and O–H groups in total. The molecule has 0 radical (unpaired) electrons. The highest BCUT2D eigenvalue weighted by Crippen LogP contribution is 2.48. The van der Waals surface area contributed by atoms with Crippen LogP contribution >= 0.6 is 11.3 Å². The van der Waals surface area contributed by atoms with E-state index in [0.717, 1.165) is 27.8 Å². The smallest absolute Gasteiger partial charge is 0.230 e. The second-order valence-electron chi connectivity index (χ2n) is 6.71. The van der Waals surface area contributed by atoms with Crippen LogP contribution in [0.2, 0.25) is 0 Å². The summed E-state index contributed by atoms with van der Waals surface area (Å²) in [5.41, 5.74) is 0.187. The molecule has 1 aliphatic rings. The van der Waals surface area contributed by atoms with Crippen molar-refractivity contribution in [2.24, 2.45) is 5.92 Å². The molecule has 1 aromatic carbocycles. The molecular formula is C18H16F3N3O2S2. The number of hydrogen-bond acceptors (Lipinski definition) is 4. The van der Waals surface area contributed by atoms with E-state index < -0.39 is 21.8 Å². The second kappa shape index (κ2) is 6.71. The molecule has 0 saturated heterocycles. The quantitative estimate of drug-likeness (QED) is 0.669. The topological polar surface area (TPSA) is 64.0 Å². The van der Waals surface area contributed by atoms with Crippen molar-refractivity contribution in [1.29, 1.82) is 0 Å². The fraction of sp³-hybridized carbons (Fsp3) is 0.278. The number of sulfonamides is 1. The first-order valence-electron chi connectivity index (χ1n) is 8.46. The predicted molar refractivity (Wildman–Crippen MR) is 98.9 cm³/mol. The van der Waals surface area contributed by atoms with E-state index in [4.69, 9.17) is 0 Å². The first kappa shape index (κ1) is 19.2. The highest BCUT2D eigenvalue weighted by Gasteiger charge is 2.49. The van der Waals surface area contributed by atoms with Gasteiger partial charge in [-0.25, -0.2) is 17.8 Å². The Kier molecular flexibility index (Phi) is 4.59. The van der Waals surface area contributed by atoms with Crippen molar-refractivity contribution in [1.82, 2.24) is 14.5 Å². The summed E-state index contributed by atoms with van der Waals surface area (Å²) >= 11 is 0.868. The zero-order chi connectivity index (χ0) is 20.1. The molecule has 0 amide bonds. The zero-order valence-electron chi connectivity index (χ0n) is 14.6. The number of alkyl halides is 3. The summed E-state index contributed by atoms with van der Waals surface area (Å²) in [4.78, 5) is 0. The van der Waals surface area contributed by atoms with Crippen LogP contribution in [0.3, 0.4) is 0 Å². The molecule has 3 atom stereocenters. The summed E-state index contributed by atoms with van der Waals surface area (Å²) in [5, 5.41) is 3.97. The van der Waals surface area contributed by atoms with Gasteiger partial charge in [-0.3, -0.25) is 0 Å². The number of nitrogens with zero attached hydrogens (tertiary/aromatic N) is 2. The van der Waals surface area contributed by atoms with E-state index in [1.807, 2.05) is 37.3 Å². The van der Waals surface area contributed by atoms with Gasteiger partial charge in [0.1, 0.15) is 9.21 Å². The average molecular weight is 427 g/mol. The monoisotopic (exact) mass is 427 g/mol. The Morgan fingerprint density at radius 1 is 1.14 bits per heavy atom. The predicted octanol–water partition coefficient (Wildman–Crippen LogP) is 4.03. The minimum atomic E-state index is -4.50. The molecule has 0 unspecified atom stereocenters. The minimum Gasteiger partial charge on any atom is -0.230 e. The summed E-state index contributed by atoms with van der Waals surface area (Å²) < 4.78 is 67.3. The number of hydrogen-bond donors (Lipinski definition) is 1. The molecule has 148 valence electrons. The van der Waals surface area contributed by atoms with Crippen molar-refractivity contribution in [3.8, 4) is 5.00 Å². The van der Waals surface area contributed by atoms with Gasteiger partial charge in [-0.05, 0) is 23.6 Å². The van der Waals surface area contributed by atoms with E-state index in [-0.39, 0.29) is 22.1 Å². The van der Waals surface area contributed by atoms with Crippen molar-refractivity contribution in [2.45, 2.75) is 29.3 Å². The van der Waals surface area contributed by atoms with Gasteiger partial charge >= 0.3 is 6.18 Å². The van der Waals surface area contributed by atoms with Crippen LogP contribution in [0.25, 0.3) is 5.00 Å². The number of benzene rings is 1. The third-order valence-corrected chi connectivity index (χ3v) is 7.85. The third kappa shape index (κ3) is 3.59. The maximum absolute atomic E-state index is 12.7. The van der Waals surface area contributed by atoms with E-state index >= 15 is 0 Å². The van der Waals surface area contributed by atoms with E-state index in [9.17, 15) is 21.6 Å². The minimum absolute atomic E-state index is 0.0393. The maximum atomic E-state index is 12.7. The molecule has 1 fully saturated rings. The van der Waals surface area contributed by atoms with Gasteiger partial charge in [-0.15, -0.1) is 11.3 Å². The van der Waals surface area contributed by atoms with Gasteiger partial charge in [-0.2, -0.15) is 18.3 Å². The van der Waals surface area contributed by atoms with Crippen LogP contribution in [-0.4, -0.2) is 24.2 Å². The highest BCUT2D eigenvalue weighted by atomic mass is 32.2. The van der Waals surface area contributed by atoms with Gasteiger partial charge in [0.15, 0.2) is 0 Å². The van der Waals surface area contributed by atoms with Crippen LogP contribution in [0.1, 0.15) is 24.0 Å².